The van der Waals surface area contributed by atoms with Crippen LogP contribution in [-0.2, 0) is 12.8 Å². The molecule has 4 nitrogen and oxygen atoms in total. The summed E-state index contributed by atoms with van der Waals surface area (Å²) in [4.78, 5) is 20.2. The minimum Gasteiger partial charge on any atom is -0.256 e. The lowest BCUT2D eigenvalue weighted by Gasteiger charge is -2.22. The summed E-state index contributed by atoms with van der Waals surface area (Å²) in [6, 6.07) is 53.4. The fourth-order valence-electron chi connectivity index (χ4n) is 8.62. The van der Waals surface area contributed by atoms with E-state index in [-0.39, 0.29) is 0 Å². The van der Waals surface area contributed by atoms with Crippen LogP contribution in [0.15, 0.2) is 170 Å². The molecular weight excluding hydrogens is 717 g/mol. The summed E-state index contributed by atoms with van der Waals surface area (Å²) < 4.78 is 0. The van der Waals surface area contributed by atoms with Crippen molar-refractivity contribution < 1.29 is 0 Å². The van der Waals surface area contributed by atoms with Gasteiger partial charge in [0.1, 0.15) is 0 Å². The van der Waals surface area contributed by atoms with Gasteiger partial charge in [0.05, 0.1) is 5.69 Å². The molecular formula is C55H42N4. The smallest absolute Gasteiger partial charge is 0.164 e. The third kappa shape index (κ3) is 6.93. The van der Waals surface area contributed by atoms with Crippen LogP contribution in [0.3, 0.4) is 0 Å². The highest BCUT2D eigenvalue weighted by Gasteiger charge is 2.20. The first-order valence-electron chi connectivity index (χ1n) is 20.5. The Morgan fingerprint density at radius 1 is 0.525 bits per heavy atom. The molecule has 282 valence electrons. The zero-order valence-corrected chi connectivity index (χ0v) is 33.2. The number of nitrogens with zero attached hydrogens (tertiary/aromatic N) is 4. The number of pyridine rings is 1. The van der Waals surface area contributed by atoms with E-state index >= 15 is 0 Å². The van der Waals surface area contributed by atoms with Crippen molar-refractivity contribution >= 4 is 33.7 Å². The molecule has 0 saturated carbocycles. The van der Waals surface area contributed by atoms with Crippen molar-refractivity contribution in [2.45, 2.75) is 33.1 Å². The standard InChI is InChI=1S/C55H42N4/c1-3-16-47-46(4-2)48-25-13-14-26-49(48)50-28-27-40(33-51(47)50)44-30-43(38-23-15-24-41(29-38)52-34-39-21-11-12-22-42(39)35-56-52)31-45(32-44)55-58-53(36-17-7-5-8-18-36)57-54(59-55)37-19-9-6-10-20-37/h3,5-12,14-24,26-35H,4,13,25H2,1-2H3/b16-3-. The Morgan fingerprint density at radius 3 is 1.81 bits per heavy atom. The summed E-state index contributed by atoms with van der Waals surface area (Å²) in [6.07, 6.45) is 14.3. The lowest BCUT2D eigenvalue weighted by molar-refractivity contribution is 0.949. The maximum absolute atomic E-state index is 5.17. The van der Waals surface area contributed by atoms with Gasteiger partial charge in [-0.15, -0.1) is 0 Å². The molecule has 1 aliphatic rings. The molecule has 2 aromatic heterocycles. The van der Waals surface area contributed by atoms with Gasteiger partial charge in [0.15, 0.2) is 17.5 Å². The van der Waals surface area contributed by atoms with Gasteiger partial charge in [-0.2, -0.15) is 0 Å². The zero-order chi connectivity index (χ0) is 39.7. The van der Waals surface area contributed by atoms with Crippen molar-refractivity contribution in [3.63, 3.8) is 0 Å². The highest BCUT2D eigenvalue weighted by atomic mass is 15.0. The highest BCUT2D eigenvalue weighted by Crippen LogP contribution is 2.40. The van der Waals surface area contributed by atoms with Gasteiger partial charge in [-0.1, -0.05) is 146 Å². The van der Waals surface area contributed by atoms with Crippen molar-refractivity contribution in [3.8, 4) is 67.7 Å². The van der Waals surface area contributed by atoms with Crippen molar-refractivity contribution in [1.82, 2.24) is 19.9 Å². The van der Waals surface area contributed by atoms with Crippen molar-refractivity contribution in [2.24, 2.45) is 0 Å². The van der Waals surface area contributed by atoms with E-state index in [4.69, 9.17) is 19.9 Å². The second kappa shape index (κ2) is 15.6. The zero-order valence-electron chi connectivity index (χ0n) is 33.2. The molecule has 10 rings (SSSR count). The summed E-state index contributed by atoms with van der Waals surface area (Å²) in [5.41, 5.74) is 14.8. The number of hydrogen-bond donors (Lipinski definition) is 0. The number of allylic oxidation sites excluding steroid dienone is 2. The molecule has 0 unspecified atom stereocenters. The Morgan fingerprint density at radius 2 is 1.12 bits per heavy atom. The van der Waals surface area contributed by atoms with E-state index in [9.17, 15) is 0 Å². The van der Waals surface area contributed by atoms with Gasteiger partial charge >= 0.3 is 0 Å². The molecule has 0 amide bonds. The predicted molar refractivity (Wildman–Crippen MR) is 247 cm³/mol. The van der Waals surface area contributed by atoms with E-state index < -0.39 is 0 Å². The van der Waals surface area contributed by atoms with Gasteiger partial charge < -0.3 is 0 Å². The Hall–Kier alpha value is -7.30. The number of fused-ring (bicyclic) bond motifs is 4. The fraction of sp³-hybridized carbons (Fsp3) is 0.0909. The molecule has 0 atom stereocenters. The van der Waals surface area contributed by atoms with Crippen LogP contribution < -0.4 is 0 Å². The summed E-state index contributed by atoms with van der Waals surface area (Å²) in [6.45, 7) is 4.41. The minimum absolute atomic E-state index is 0.621. The molecule has 0 saturated heterocycles. The first-order chi connectivity index (χ1) is 29.1. The number of hydrogen-bond acceptors (Lipinski definition) is 4. The number of rotatable bonds is 8. The molecule has 0 aliphatic heterocycles. The molecule has 2 heterocycles. The second-order valence-electron chi connectivity index (χ2n) is 15.2. The van der Waals surface area contributed by atoms with E-state index in [0.29, 0.717) is 17.5 Å². The van der Waals surface area contributed by atoms with Crippen molar-refractivity contribution in [2.75, 3.05) is 0 Å². The summed E-state index contributed by atoms with van der Waals surface area (Å²) in [5, 5.41) is 4.87. The number of benzene rings is 7. The van der Waals surface area contributed by atoms with Crippen LogP contribution in [0.5, 0.6) is 0 Å². The van der Waals surface area contributed by atoms with Gasteiger partial charge in [0.25, 0.3) is 0 Å². The van der Waals surface area contributed by atoms with Crippen LogP contribution in [0.1, 0.15) is 42.5 Å². The Bertz CT molecular complexity index is 3030. The fourth-order valence-corrected chi connectivity index (χ4v) is 8.62. The molecule has 1 aliphatic carbocycles. The molecule has 59 heavy (non-hydrogen) atoms. The topological polar surface area (TPSA) is 51.6 Å². The largest absolute Gasteiger partial charge is 0.256 e. The lowest BCUT2D eigenvalue weighted by atomic mass is 9.82. The molecule has 0 N–H and O–H groups in total. The third-order valence-electron chi connectivity index (χ3n) is 11.5. The van der Waals surface area contributed by atoms with Gasteiger partial charge in [-0.05, 0) is 123 Å². The molecule has 0 fully saturated rings. The highest BCUT2D eigenvalue weighted by molar-refractivity contribution is 6.02. The number of aromatic nitrogens is 4. The van der Waals surface area contributed by atoms with E-state index in [2.05, 4.69) is 153 Å². The normalized spacial score (nSPS) is 12.4. The summed E-state index contributed by atoms with van der Waals surface area (Å²) >= 11 is 0. The van der Waals surface area contributed by atoms with E-state index in [1.165, 1.54) is 38.4 Å². The van der Waals surface area contributed by atoms with Crippen LogP contribution in [0.25, 0.3) is 101 Å². The Kier molecular flexibility index (Phi) is 9.52. The van der Waals surface area contributed by atoms with Gasteiger partial charge in [0, 0.05) is 33.8 Å². The monoisotopic (exact) mass is 758 g/mol. The van der Waals surface area contributed by atoms with E-state index in [1.54, 1.807) is 0 Å². The molecule has 0 radical (unpaired) electrons. The molecule has 7 aromatic carbocycles. The quantitative estimate of drug-likeness (QED) is 0.155. The van der Waals surface area contributed by atoms with Crippen LogP contribution >= 0.6 is 0 Å². The van der Waals surface area contributed by atoms with Gasteiger partial charge in [-0.3, -0.25) is 4.98 Å². The molecule has 0 spiro atoms. The van der Waals surface area contributed by atoms with E-state index in [1.807, 2.05) is 42.6 Å². The maximum atomic E-state index is 5.17. The van der Waals surface area contributed by atoms with Gasteiger partial charge in [0.2, 0.25) is 0 Å². The Labute approximate surface area is 345 Å². The summed E-state index contributed by atoms with van der Waals surface area (Å²) in [5.74, 6) is 1.89. The predicted octanol–water partition coefficient (Wildman–Crippen LogP) is 14.1. The van der Waals surface area contributed by atoms with Crippen LogP contribution in [0, 0.1) is 0 Å². The molecule has 4 heteroatoms. The lowest BCUT2D eigenvalue weighted by Crippen LogP contribution is -2.04. The van der Waals surface area contributed by atoms with Crippen molar-refractivity contribution in [1.29, 1.82) is 0 Å². The molecule has 9 aromatic rings. The average molecular weight is 759 g/mol. The summed E-state index contributed by atoms with van der Waals surface area (Å²) in [7, 11) is 0. The minimum atomic E-state index is 0.621. The second-order valence-corrected chi connectivity index (χ2v) is 15.2. The third-order valence-corrected chi connectivity index (χ3v) is 11.5. The molecule has 0 bridgehead atoms. The first kappa shape index (κ1) is 36.1. The Balaban J connectivity index is 1.20. The van der Waals surface area contributed by atoms with Crippen LogP contribution in [0.4, 0.5) is 0 Å². The van der Waals surface area contributed by atoms with Crippen LogP contribution in [-0.4, -0.2) is 19.9 Å². The van der Waals surface area contributed by atoms with Crippen LogP contribution in [0.2, 0.25) is 0 Å². The SMILES string of the molecule is C/C=C\c1c(CC)c2c(c3ccc(-c4cc(-c5cccc(-c6cc7ccccc7cn6)c5)cc(-c5nc(-c6ccccc6)nc(-c6ccccc6)n5)c4)cc13)C=CCC2. The maximum Gasteiger partial charge on any atom is 0.164 e. The average Bonchev–Trinajstić information content (AvgIpc) is 3.31. The van der Waals surface area contributed by atoms with Crippen molar-refractivity contribution in [3.05, 3.63) is 192 Å². The first-order valence-corrected chi connectivity index (χ1v) is 20.5. The van der Waals surface area contributed by atoms with E-state index in [0.717, 1.165) is 74.9 Å². The van der Waals surface area contributed by atoms with Gasteiger partial charge in [-0.25, -0.2) is 15.0 Å².